The summed E-state index contributed by atoms with van der Waals surface area (Å²) < 4.78 is 5.74. The van der Waals surface area contributed by atoms with Crippen LogP contribution >= 0.6 is 24.0 Å². The molecule has 1 aliphatic heterocycles. The van der Waals surface area contributed by atoms with Crippen molar-refractivity contribution in [3.8, 4) is 11.3 Å². The standard InChI is InChI=1S/C15H10N2O4S2/c1-8-6-9(17(19)20)2-4-11(8)12-5-3-10(21-12)7-13-14(22)16-15(18)23-13/h2-7H,1H3,(H,16,18,22). The monoisotopic (exact) mass is 346 g/mol. The maximum atomic E-state index is 11.3. The van der Waals surface area contributed by atoms with Crippen LogP contribution in [0.5, 0.6) is 0 Å². The molecule has 1 aliphatic rings. The van der Waals surface area contributed by atoms with Gasteiger partial charge in [-0.2, -0.15) is 0 Å². The Balaban J connectivity index is 1.91. The zero-order valence-corrected chi connectivity index (χ0v) is 13.5. The van der Waals surface area contributed by atoms with Crippen molar-refractivity contribution in [2.75, 3.05) is 0 Å². The number of amides is 1. The number of hydrogen-bond donors (Lipinski definition) is 1. The second kappa shape index (κ2) is 5.98. The molecule has 1 fully saturated rings. The largest absolute Gasteiger partial charge is 0.457 e. The van der Waals surface area contributed by atoms with Gasteiger partial charge in [-0.05, 0) is 48.5 Å². The average Bonchev–Trinajstić information content (AvgIpc) is 3.06. The SMILES string of the molecule is Cc1cc([N+](=O)[O-])ccc1-c1ccc(C=C2SC(=O)NC2=S)o1. The van der Waals surface area contributed by atoms with Gasteiger partial charge in [0.15, 0.2) is 0 Å². The summed E-state index contributed by atoms with van der Waals surface area (Å²) in [5, 5.41) is 13.1. The van der Waals surface area contributed by atoms with Gasteiger partial charge < -0.3 is 9.73 Å². The molecule has 2 heterocycles. The number of benzene rings is 1. The first-order valence-corrected chi connectivity index (χ1v) is 7.76. The Hall–Kier alpha value is -2.45. The highest BCUT2D eigenvalue weighted by molar-refractivity contribution is 8.19. The van der Waals surface area contributed by atoms with Crippen LogP contribution in [0.4, 0.5) is 10.5 Å². The number of carbonyl (C=O) groups is 1. The number of furan rings is 1. The van der Waals surface area contributed by atoms with Gasteiger partial charge in [-0.15, -0.1) is 0 Å². The molecule has 3 rings (SSSR count). The zero-order chi connectivity index (χ0) is 16.6. The van der Waals surface area contributed by atoms with Crippen LogP contribution in [0, 0.1) is 17.0 Å². The van der Waals surface area contributed by atoms with E-state index in [1.165, 1.54) is 12.1 Å². The number of nitrogens with zero attached hydrogens (tertiary/aromatic N) is 1. The fourth-order valence-electron chi connectivity index (χ4n) is 2.16. The molecule has 0 spiro atoms. The summed E-state index contributed by atoms with van der Waals surface area (Å²) in [6.07, 6.45) is 1.69. The van der Waals surface area contributed by atoms with E-state index in [4.69, 9.17) is 16.6 Å². The Kier molecular flexibility index (Phi) is 4.01. The van der Waals surface area contributed by atoms with Crippen LogP contribution in [0.1, 0.15) is 11.3 Å². The van der Waals surface area contributed by atoms with Crippen molar-refractivity contribution in [3.05, 3.63) is 56.7 Å². The maximum absolute atomic E-state index is 11.3. The lowest BCUT2D eigenvalue weighted by Crippen LogP contribution is -2.15. The number of aryl methyl sites for hydroxylation is 1. The minimum absolute atomic E-state index is 0.0393. The predicted molar refractivity (Wildman–Crippen MR) is 92.2 cm³/mol. The molecule has 0 aliphatic carbocycles. The highest BCUT2D eigenvalue weighted by Gasteiger charge is 2.22. The van der Waals surface area contributed by atoms with E-state index in [0.717, 1.165) is 22.9 Å². The predicted octanol–water partition coefficient (Wildman–Crippen LogP) is 4.29. The summed E-state index contributed by atoms with van der Waals surface area (Å²) in [7, 11) is 0. The van der Waals surface area contributed by atoms with Crippen molar-refractivity contribution in [3.63, 3.8) is 0 Å². The van der Waals surface area contributed by atoms with Crippen molar-refractivity contribution in [1.82, 2.24) is 5.32 Å². The minimum Gasteiger partial charge on any atom is -0.457 e. The number of nitrogens with one attached hydrogen (secondary N) is 1. The number of hydrogen-bond acceptors (Lipinski definition) is 6. The molecular weight excluding hydrogens is 336 g/mol. The Morgan fingerprint density at radius 2 is 2.13 bits per heavy atom. The minimum atomic E-state index is -0.433. The highest BCUT2D eigenvalue weighted by Crippen LogP contribution is 2.31. The van der Waals surface area contributed by atoms with Gasteiger partial charge in [-0.3, -0.25) is 14.9 Å². The van der Waals surface area contributed by atoms with E-state index >= 15 is 0 Å². The van der Waals surface area contributed by atoms with Gasteiger partial charge in [0.1, 0.15) is 16.5 Å². The van der Waals surface area contributed by atoms with Crippen LogP contribution in [-0.2, 0) is 0 Å². The van der Waals surface area contributed by atoms with E-state index in [0.29, 0.717) is 21.4 Å². The van der Waals surface area contributed by atoms with Gasteiger partial charge in [0, 0.05) is 17.7 Å². The van der Waals surface area contributed by atoms with E-state index in [1.807, 2.05) is 0 Å². The third-order valence-electron chi connectivity index (χ3n) is 3.23. The molecule has 0 atom stereocenters. The summed E-state index contributed by atoms with van der Waals surface area (Å²) in [4.78, 5) is 22.6. The molecule has 0 unspecified atom stereocenters. The average molecular weight is 346 g/mol. The van der Waals surface area contributed by atoms with E-state index < -0.39 is 4.92 Å². The number of carbonyl (C=O) groups excluding carboxylic acids is 1. The molecule has 1 N–H and O–H groups in total. The molecular formula is C15H10N2O4S2. The molecule has 0 bridgehead atoms. The first-order valence-electron chi connectivity index (χ1n) is 6.54. The van der Waals surface area contributed by atoms with Crippen molar-refractivity contribution in [2.24, 2.45) is 0 Å². The first kappa shape index (κ1) is 15.4. The molecule has 8 heteroatoms. The fourth-order valence-corrected chi connectivity index (χ4v) is 3.18. The molecule has 1 aromatic heterocycles. The topological polar surface area (TPSA) is 85.4 Å². The van der Waals surface area contributed by atoms with Gasteiger partial charge in [-0.25, -0.2) is 0 Å². The molecule has 23 heavy (non-hydrogen) atoms. The summed E-state index contributed by atoms with van der Waals surface area (Å²) in [5.74, 6) is 1.15. The number of nitro benzene ring substituents is 1. The normalized spacial score (nSPS) is 16.0. The maximum Gasteiger partial charge on any atom is 0.289 e. The first-order chi connectivity index (χ1) is 10.9. The second-order valence-electron chi connectivity index (χ2n) is 4.81. The number of thioether (sulfide) groups is 1. The van der Waals surface area contributed by atoms with Crippen molar-refractivity contribution < 1.29 is 14.1 Å². The van der Waals surface area contributed by atoms with Crippen molar-refractivity contribution in [2.45, 2.75) is 6.92 Å². The lowest BCUT2D eigenvalue weighted by atomic mass is 10.1. The highest BCUT2D eigenvalue weighted by atomic mass is 32.2. The van der Waals surface area contributed by atoms with E-state index in [9.17, 15) is 14.9 Å². The van der Waals surface area contributed by atoms with E-state index in [1.54, 1.807) is 31.2 Å². The molecule has 2 aromatic rings. The summed E-state index contributed by atoms with van der Waals surface area (Å²) >= 11 is 6.07. The molecule has 1 amide bonds. The summed E-state index contributed by atoms with van der Waals surface area (Å²) in [5.41, 5.74) is 1.56. The summed E-state index contributed by atoms with van der Waals surface area (Å²) in [6.45, 7) is 1.79. The van der Waals surface area contributed by atoms with E-state index in [-0.39, 0.29) is 10.9 Å². The van der Waals surface area contributed by atoms with Gasteiger partial charge in [0.25, 0.3) is 10.9 Å². The van der Waals surface area contributed by atoms with Crippen LogP contribution in [0.3, 0.4) is 0 Å². The van der Waals surface area contributed by atoms with Gasteiger partial charge in [0.2, 0.25) is 0 Å². The number of non-ortho nitro benzene ring substituents is 1. The molecule has 1 aromatic carbocycles. The zero-order valence-electron chi connectivity index (χ0n) is 11.9. The number of nitro groups is 1. The number of rotatable bonds is 3. The smallest absolute Gasteiger partial charge is 0.289 e. The Bertz CT molecular complexity index is 870. The lowest BCUT2D eigenvalue weighted by Gasteiger charge is -2.02. The molecule has 0 saturated carbocycles. The second-order valence-corrected chi connectivity index (χ2v) is 6.23. The number of thiocarbonyl (C=S) groups is 1. The van der Waals surface area contributed by atoms with Gasteiger partial charge >= 0.3 is 0 Å². The Morgan fingerprint density at radius 1 is 1.35 bits per heavy atom. The fraction of sp³-hybridized carbons (Fsp3) is 0.0667. The van der Waals surface area contributed by atoms with Crippen LogP contribution in [0.2, 0.25) is 0 Å². The van der Waals surface area contributed by atoms with Crippen LogP contribution in [0.15, 0.2) is 39.7 Å². The molecule has 116 valence electrons. The third kappa shape index (κ3) is 3.17. The van der Waals surface area contributed by atoms with Crippen molar-refractivity contribution in [1.29, 1.82) is 0 Å². The van der Waals surface area contributed by atoms with Crippen LogP contribution in [-0.4, -0.2) is 15.2 Å². The molecule has 1 saturated heterocycles. The lowest BCUT2D eigenvalue weighted by molar-refractivity contribution is -0.384. The van der Waals surface area contributed by atoms with E-state index in [2.05, 4.69) is 5.32 Å². The van der Waals surface area contributed by atoms with Gasteiger partial charge in [-0.1, -0.05) is 12.2 Å². The summed E-state index contributed by atoms with van der Waals surface area (Å²) in [6, 6.07) is 8.13. The van der Waals surface area contributed by atoms with Crippen LogP contribution < -0.4 is 5.32 Å². The quantitative estimate of drug-likeness (QED) is 0.386. The molecule has 6 nitrogen and oxygen atoms in total. The Morgan fingerprint density at radius 3 is 2.74 bits per heavy atom. The molecule has 0 radical (unpaired) electrons. The van der Waals surface area contributed by atoms with Crippen LogP contribution in [0.25, 0.3) is 17.4 Å². The Labute approximate surface area is 140 Å². The van der Waals surface area contributed by atoms with Crippen molar-refractivity contribution >= 4 is 46.0 Å². The van der Waals surface area contributed by atoms with Gasteiger partial charge in [0.05, 0.1) is 9.83 Å². The third-order valence-corrected chi connectivity index (χ3v) is 4.51.